The van der Waals surface area contributed by atoms with Gasteiger partial charge < -0.3 is 0 Å². The minimum absolute atomic E-state index is 0.568. The van der Waals surface area contributed by atoms with Crippen molar-refractivity contribution in [2.24, 2.45) is 10.8 Å². The number of rotatable bonds is 1. The van der Waals surface area contributed by atoms with Crippen LogP contribution in [0.15, 0.2) is 0 Å². The van der Waals surface area contributed by atoms with Gasteiger partial charge in [-0.2, -0.15) is 11.8 Å². The molecule has 0 aliphatic carbocycles. The van der Waals surface area contributed by atoms with E-state index in [2.05, 4.69) is 39.5 Å². The Kier molecular flexibility index (Phi) is 3.73. The molecular weight excluding hydrogens is 176 g/mol. The zero-order chi connectivity index (χ0) is 9.95. The summed E-state index contributed by atoms with van der Waals surface area (Å²) in [7, 11) is 0. The normalized spacial score (nSPS) is 35.1. The lowest BCUT2D eigenvalue weighted by Crippen LogP contribution is -2.28. The highest BCUT2D eigenvalue weighted by molar-refractivity contribution is 7.99. The van der Waals surface area contributed by atoms with Crippen LogP contribution in [0.5, 0.6) is 0 Å². The van der Waals surface area contributed by atoms with Gasteiger partial charge in [0.05, 0.1) is 0 Å². The summed E-state index contributed by atoms with van der Waals surface area (Å²) in [6.45, 7) is 9.70. The molecule has 1 unspecified atom stereocenters. The van der Waals surface area contributed by atoms with E-state index in [4.69, 9.17) is 0 Å². The molecule has 1 atom stereocenters. The minimum atomic E-state index is 0.568. The summed E-state index contributed by atoms with van der Waals surface area (Å²) in [5.41, 5.74) is 1.18. The molecule has 0 saturated carbocycles. The Hall–Kier alpha value is 0.350. The van der Waals surface area contributed by atoms with Gasteiger partial charge in [-0.25, -0.2) is 0 Å². The Bertz CT molecular complexity index is 163. The number of hydrogen-bond donors (Lipinski definition) is 0. The Morgan fingerprint density at radius 3 is 2.31 bits per heavy atom. The van der Waals surface area contributed by atoms with Gasteiger partial charge in [0.2, 0.25) is 0 Å². The van der Waals surface area contributed by atoms with Gasteiger partial charge in [-0.1, -0.05) is 34.1 Å². The highest BCUT2D eigenvalue weighted by Crippen LogP contribution is 2.43. The lowest BCUT2D eigenvalue weighted by Gasteiger charge is -2.39. The molecule has 1 fully saturated rings. The largest absolute Gasteiger partial charge is 0.162 e. The highest BCUT2D eigenvalue weighted by Gasteiger charge is 2.31. The van der Waals surface area contributed by atoms with Crippen LogP contribution in [0.3, 0.4) is 0 Å². The van der Waals surface area contributed by atoms with Gasteiger partial charge in [0.25, 0.3) is 0 Å². The summed E-state index contributed by atoms with van der Waals surface area (Å²) < 4.78 is 0. The van der Waals surface area contributed by atoms with Crippen LogP contribution in [-0.2, 0) is 0 Å². The van der Waals surface area contributed by atoms with Crippen molar-refractivity contribution in [1.29, 1.82) is 0 Å². The third kappa shape index (κ3) is 3.53. The lowest BCUT2D eigenvalue weighted by molar-refractivity contribution is 0.158. The smallest absolute Gasteiger partial charge is 0.00623 e. The maximum atomic E-state index is 2.47. The van der Waals surface area contributed by atoms with Gasteiger partial charge in [0.1, 0.15) is 0 Å². The second-order valence-corrected chi connectivity index (χ2v) is 6.84. The topological polar surface area (TPSA) is 0 Å². The van der Waals surface area contributed by atoms with E-state index in [9.17, 15) is 0 Å². The standard InChI is InChI=1S/C12H24S/c1-5-12(4)7-9-13-8-6-11(2,3)10-12/h5-10H2,1-4H3. The fourth-order valence-corrected chi connectivity index (χ4v) is 3.94. The van der Waals surface area contributed by atoms with Crippen molar-refractivity contribution in [2.75, 3.05) is 11.5 Å². The van der Waals surface area contributed by atoms with Crippen LogP contribution in [0.2, 0.25) is 0 Å². The first-order chi connectivity index (χ1) is 5.97. The number of thioether (sulfide) groups is 1. The van der Waals surface area contributed by atoms with Crippen molar-refractivity contribution in [1.82, 2.24) is 0 Å². The van der Waals surface area contributed by atoms with E-state index in [1.165, 1.54) is 37.2 Å². The lowest BCUT2D eigenvalue weighted by atomic mass is 9.70. The van der Waals surface area contributed by atoms with Crippen LogP contribution in [0.25, 0.3) is 0 Å². The summed E-state index contributed by atoms with van der Waals surface area (Å²) in [5, 5.41) is 0. The van der Waals surface area contributed by atoms with Crippen LogP contribution in [0.4, 0.5) is 0 Å². The maximum absolute atomic E-state index is 2.47. The highest BCUT2D eigenvalue weighted by atomic mass is 32.2. The molecule has 0 spiro atoms. The van der Waals surface area contributed by atoms with Crippen molar-refractivity contribution in [2.45, 2.75) is 53.4 Å². The van der Waals surface area contributed by atoms with Gasteiger partial charge >= 0.3 is 0 Å². The molecule has 0 radical (unpaired) electrons. The van der Waals surface area contributed by atoms with E-state index in [0.29, 0.717) is 10.8 Å². The summed E-state index contributed by atoms with van der Waals surface area (Å²) in [4.78, 5) is 0. The molecule has 0 N–H and O–H groups in total. The second kappa shape index (κ2) is 4.25. The summed E-state index contributed by atoms with van der Waals surface area (Å²) in [6.07, 6.45) is 5.57. The monoisotopic (exact) mass is 200 g/mol. The van der Waals surface area contributed by atoms with Crippen LogP contribution in [0, 0.1) is 10.8 Å². The van der Waals surface area contributed by atoms with E-state index < -0.39 is 0 Å². The molecule has 0 nitrogen and oxygen atoms in total. The Labute approximate surface area is 87.9 Å². The van der Waals surface area contributed by atoms with Crippen LogP contribution >= 0.6 is 11.8 Å². The van der Waals surface area contributed by atoms with Crippen molar-refractivity contribution in [3.05, 3.63) is 0 Å². The minimum Gasteiger partial charge on any atom is -0.162 e. The van der Waals surface area contributed by atoms with Crippen LogP contribution in [-0.4, -0.2) is 11.5 Å². The summed E-state index contributed by atoms with van der Waals surface area (Å²) in [5.74, 6) is 2.74. The molecule has 1 saturated heterocycles. The van der Waals surface area contributed by atoms with Crippen LogP contribution < -0.4 is 0 Å². The van der Waals surface area contributed by atoms with E-state index in [1.54, 1.807) is 0 Å². The molecule has 1 heteroatoms. The van der Waals surface area contributed by atoms with Crippen molar-refractivity contribution in [3.63, 3.8) is 0 Å². The fraction of sp³-hybridized carbons (Fsp3) is 1.00. The molecule has 1 aliphatic heterocycles. The Morgan fingerprint density at radius 1 is 1.08 bits per heavy atom. The maximum Gasteiger partial charge on any atom is -0.00623 e. The van der Waals surface area contributed by atoms with E-state index in [-0.39, 0.29) is 0 Å². The molecule has 0 bridgehead atoms. The molecule has 0 aromatic carbocycles. The third-order valence-corrected chi connectivity index (χ3v) is 4.52. The predicted molar refractivity (Wildman–Crippen MR) is 63.4 cm³/mol. The molecule has 0 aromatic rings. The van der Waals surface area contributed by atoms with Gasteiger partial charge in [-0.05, 0) is 41.6 Å². The van der Waals surface area contributed by atoms with Crippen molar-refractivity contribution in [3.8, 4) is 0 Å². The first-order valence-electron chi connectivity index (χ1n) is 5.55. The molecular formula is C12H24S. The van der Waals surface area contributed by atoms with Crippen LogP contribution in [0.1, 0.15) is 53.4 Å². The molecule has 1 aliphatic rings. The predicted octanol–water partition coefficient (Wildman–Crippen LogP) is 4.35. The van der Waals surface area contributed by atoms with E-state index in [1.807, 2.05) is 0 Å². The average molecular weight is 200 g/mol. The zero-order valence-electron chi connectivity index (χ0n) is 9.65. The van der Waals surface area contributed by atoms with Gasteiger partial charge in [0.15, 0.2) is 0 Å². The molecule has 1 rings (SSSR count). The van der Waals surface area contributed by atoms with E-state index in [0.717, 1.165) is 0 Å². The Morgan fingerprint density at radius 2 is 1.69 bits per heavy atom. The summed E-state index contributed by atoms with van der Waals surface area (Å²) >= 11 is 2.15. The van der Waals surface area contributed by atoms with Crippen molar-refractivity contribution >= 4 is 11.8 Å². The van der Waals surface area contributed by atoms with Gasteiger partial charge in [-0.3, -0.25) is 0 Å². The molecule has 1 heterocycles. The quantitative estimate of drug-likeness (QED) is 0.606. The van der Waals surface area contributed by atoms with Gasteiger partial charge in [-0.15, -0.1) is 0 Å². The van der Waals surface area contributed by atoms with E-state index >= 15 is 0 Å². The number of hydrogen-bond acceptors (Lipinski definition) is 1. The Balaban J connectivity index is 2.63. The average Bonchev–Trinajstić information content (AvgIpc) is 2.00. The second-order valence-electron chi connectivity index (χ2n) is 5.62. The zero-order valence-corrected chi connectivity index (χ0v) is 10.5. The molecule has 0 amide bonds. The molecule has 78 valence electrons. The fourth-order valence-electron chi connectivity index (χ4n) is 2.40. The first-order valence-corrected chi connectivity index (χ1v) is 6.71. The molecule has 13 heavy (non-hydrogen) atoms. The third-order valence-electron chi connectivity index (χ3n) is 3.53. The van der Waals surface area contributed by atoms with Gasteiger partial charge in [0, 0.05) is 0 Å². The summed E-state index contributed by atoms with van der Waals surface area (Å²) in [6, 6.07) is 0. The SMILES string of the molecule is CCC1(C)CCSCCC(C)(C)C1. The first kappa shape index (κ1) is 11.4. The van der Waals surface area contributed by atoms with Crippen molar-refractivity contribution < 1.29 is 0 Å². The molecule has 0 aromatic heterocycles.